The van der Waals surface area contributed by atoms with Crippen molar-refractivity contribution < 1.29 is 22.7 Å². The van der Waals surface area contributed by atoms with E-state index in [-0.39, 0.29) is 31.9 Å². The number of alkyl halides is 3. The van der Waals surface area contributed by atoms with Crippen LogP contribution in [0.15, 0.2) is 24.3 Å². The van der Waals surface area contributed by atoms with E-state index in [0.717, 1.165) is 5.56 Å². The summed E-state index contributed by atoms with van der Waals surface area (Å²) in [6, 6.07) is 6.10. The topological polar surface area (TPSA) is 55.6 Å². The summed E-state index contributed by atoms with van der Waals surface area (Å²) in [6.45, 7) is 0.0489. The lowest BCUT2D eigenvalue weighted by molar-refractivity contribution is -0.170. The first kappa shape index (κ1) is 18.6. The van der Waals surface area contributed by atoms with Crippen LogP contribution in [0, 0.1) is 5.92 Å². The fourth-order valence-electron chi connectivity index (χ4n) is 2.58. The van der Waals surface area contributed by atoms with Crippen molar-refractivity contribution in [2.45, 2.75) is 25.2 Å². The van der Waals surface area contributed by atoms with Crippen molar-refractivity contribution in [3.05, 3.63) is 29.8 Å². The van der Waals surface area contributed by atoms with Gasteiger partial charge in [-0.15, -0.1) is 12.4 Å². The number of nitrogens with zero attached hydrogens (tertiary/aromatic N) is 1. The molecule has 1 amide bonds. The van der Waals surface area contributed by atoms with E-state index < -0.39 is 24.0 Å². The summed E-state index contributed by atoms with van der Waals surface area (Å²) in [5, 5.41) is 0. The monoisotopic (exact) mass is 338 g/mol. The molecule has 0 radical (unpaired) electrons. The SMILES string of the molecule is COc1ccc(CN2CC(C(F)(F)F)CC2C(N)=O)cc1.Cl. The molecular formula is C14H18ClF3N2O2. The Morgan fingerprint density at radius 3 is 2.41 bits per heavy atom. The maximum absolute atomic E-state index is 12.8. The van der Waals surface area contributed by atoms with Crippen LogP contribution >= 0.6 is 12.4 Å². The maximum atomic E-state index is 12.8. The number of likely N-dealkylation sites (tertiary alicyclic amines) is 1. The fraction of sp³-hybridized carbons (Fsp3) is 0.500. The molecule has 1 heterocycles. The van der Waals surface area contributed by atoms with Crippen LogP contribution in [-0.4, -0.2) is 36.7 Å². The van der Waals surface area contributed by atoms with E-state index in [1.165, 1.54) is 12.0 Å². The molecule has 8 heteroatoms. The highest BCUT2D eigenvalue weighted by Crippen LogP contribution is 2.37. The van der Waals surface area contributed by atoms with E-state index in [1.54, 1.807) is 24.3 Å². The largest absolute Gasteiger partial charge is 0.497 e. The van der Waals surface area contributed by atoms with E-state index in [9.17, 15) is 18.0 Å². The Hall–Kier alpha value is -1.47. The quantitative estimate of drug-likeness (QED) is 0.917. The third-order valence-electron chi connectivity index (χ3n) is 3.74. The van der Waals surface area contributed by atoms with Gasteiger partial charge in [0.2, 0.25) is 5.91 Å². The number of nitrogens with two attached hydrogens (primary N) is 1. The molecule has 0 spiro atoms. The Labute approximate surface area is 132 Å². The average Bonchev–Trinajstić information content (AvgIpc) is 2.84. The van der Waals surface area contributed by atoms with E-state index >= 15 is 0 Å². The molecule has 0 aliphatic carbocycles. The van der Waals surface area contributed by atoms with E-state index in [0.29, 0.717) is 5.75 Å². The van der Waals surface area contributed by atoms with Crippen molar-refractivity contribution in [2.24, 2.45) is 11.7 Å². The number of methoxy groups -OCH3 is 1. The van der Waals surface area contributed by atoms with Crippen molar-refractivity contribution in [2.75, 3.05) is 13.7 Å². The highest BCUT2D eigenvalue weighted by Gasteiger charge is 2.48. The van der Waals surface area contributed by atoms with Crippen molar-refractivity contribution in [1.82, 2.24) is 4.90 Å². The number of hydrogen-bond donors (Lipinski definition) is 1. The van der Waals surface area contributed by atoms with Crippen LogP contribution < -0.4 is 10.5 Å². The summed E-state index contributed by atoms with van der Waals surface area (Å²) >= 11 is 0. The first-order valence-corrected chi connectivity index (χ1v) is 6.54. The van der Waals surface area contributed by atoms with Crippen LogP contribution in [0.5, 0.6) is 5.75 Å². The lowest BCUT2D eigenvalue weighted by atomic mass is 10.1. The van der Waals surface area contributed by atoms with Crippen LogP contribution in [0.1, 0.15) is 12.0 Å². The van der Waals surface area contributed by atoms with E-state index in [1.807, 2.05) is 0 Å². The van der Waals surface area contributed by atoms with Gasteiger partial charge in [-0.3, -0.25) is 9.69 Å². The van der Waals surface area contributed by atoms with Gasteiger partial charge < -0.3 is 10.5 Å². The molecule has 2 unspecified atom stereocenters. The number of primary amides is 1. The Bertz CT molecular complexity index is 508. The maximum Gasteiger partial charge on any atom is 0.393 e. The van der Waals surface area contributed by atoms with Gasteiger partial charge in [-0.25, -0.2) is 0 Å². The molecule has 1 aliphatic rings. The zero-order valence-corrected chi connectivity index (χ0v) is 12.8. The molecule has 124 valence electrons. The van der Waals surface area contributed by atoms with Crippen LogP contribution in [0.2, 0.25) is 0 Å². The Balaban J connectivity index is 0.00000242. The molecule has 2 atom stereocenters. The molecule has 1 aromatic carbocycles. The summed E-state index contributed by atoms with van der Waals surface area (Å²) < 4.78 is 43.5. The fourth-order valence-corrected chi connectivity index (χ4v) is 2.58. The lowest BCUT2D eigenvalue weighted by Crippen LogP contribution is -2.39. The van der Waals surface area contributed by atoms with Crippen molar-refractivity contribution >= 4 is 18.3 Å². The molecule has 0 saturated carbocycles. The minimum atomic E-state index is -4.30. The number of halogens is 4. The summed E-state index contributed by atoms with van der Waals surface area (Å²) in [4.78, 5) is 12.9. The molecule has 22 heavy (non-hydrogen) atoms. The number of carbonyl (C=O) groups excluding carboxylic acids is 1. The summed E-state index contributed by atoms with van der Waals surface area (Å²) in [5.41, 5.74) is 6.04. The van der Waals surface area contributed by atoms with Gasteiger partial charge in [-0.05, 0) is 24.1 Å². The predicted octanol–water partition coefficient (Wildman–Crippen LogP) is 2.36. The molecule has 2 rings (SSSR count). The molecule has 1 aromatic rings. The molecule has 4 nitrogen and oxygen atoms in total. The molecule has 1 saturated heterocycles. The Kier molecular flexibility index (Phi) is 6.08. The number of rotatable bonds is 4. The van der Waals surface area contributed by atoms with E-state index in [2.05, 4.69) is 0 Å². The summed E-state index contributed by atoms with van der Waals surface area (Å²) in [7, 11) is 1.53. The molecule has 2 N–H and O–H groups in total. The first-order chi connectivity index (χ1) is 9.81. The second kappa shape index (κ2) is 7.19. The van der Waals surface area contributed by atoms with Crippen LogP contribution in [0.3, 0.4) is 0 Å². The second-order valence-corrected chi connectivity index (χ2v) is 5.17. The number of benzene rings is 1. The molecule has 0 bridgehead atoms. The summed E-state index contributed by atoms with van der Waals surface area (Å²) in [6.07, 6.45) is -4.57. The number of ether oxygens (including phenoxy) is 1. The predicted molar refractivity (Wildman–Crippen MR) is 77.8 cm³/mol. The zero-order valence-electron chi connectivity index (χ0n) is 12.0. The highest BCUT2D eigenvalue weighted by molar-refractivity contribution is 5.85. The Morgan fingerprint density at radius 2 is 1.95 bits per heavy atom. The third kappa shape index (κ3) is 4.27. The van der Waals surface area contributed by atoms with Gasteiger partial charge in [-0.2, -0.15) is 13.2 Å². The van der Waals surface area contributed by atoms with Gasteiger partial charge in [0.25, 0.3) is 0 Å². The summed E-state index contributed by atoms with van der Waals surface area (Å²) in [5.74, 6) is -1.55. The second-order valence-electron chi connectivity index (χ2n) is 5.17. The normalized spacial score (nSPS) is 22.2. The minimum Gasteiger partial charge on any atom is -0.497 e. The van der Waals surface area contributed by atoms with Gasteiger partial charge in [-0.1, -0.05) is 12.1 Å². The lowest BCUT2D eigenvalue weighted by Gasteiger charge is -2.22. The number of carbonyl (C=O) groups is 1. The highest BCUT2D eigenvalue weighted by atomic mass is 35.5. The van der Waals surface area contributed by atoms with Crippen molar-refractivity contribution in [1.29, 1.82) is 0 Å². The van der Waals surface area contributed by atoms with Crippen LogP contribution in [0.25, 0.3) is 0 Å². The minimum absolute atomic E-state index is 0. The van der Waals surface area contributed by atoms with Gasteiger partial charge in [0.15, 0.2) is 0 Å². The first-order valence-electron chi connectivity index (χ1n) is 6.54. The van der Waals surface area contributed by atoms with Crippen molar-refractivity contribution in [3.8, 4) is 5.75 Å². The van der Waals surface area contributed by atoms with Gasteiger partial charge in [0.1, 0.15) is 5.75 Å². The molecule has 1 aliphatic heterocycles. The molecule has 1 fully saturated rings. The van der Waals surface area contributed by atoms with Gasteiger partial charge >= 0.3 is 6.18 Å². The Morgan fingerprint density at radius 1 is 1.36 bits per heavy atom. The average molecular weight is 339 g/mol. The smallest absolute Gasteiger partial charge is 0.393 e. The van der Waals surface area contributed by atoms with Crippen molar-refractivity contribution in [3.63, 3.8) is 0 Å². The number of amides is 1. The molecular weight excluding hydrogens is 321 g/mol. The van der Waals surface area contributed by atoms with Crippen LogP contribution in [-0.2, 0) is 11.3 Å². The van der Waals surface area contributed by atoms with E-state index in [4.69, 9.17) is 10.5 Å². The molecule has 0 aromatic heterocycles. The number of hydrogen-bond acceptors (Lipinski definition) is 3. The van der Waals surface area contributed by atoms with Gasteiger partial charge in [0.05, 0.1) is 19.1 Å². The zero-order chi connectivity index (χ0) is 15.6. The standard InChI is InChI=1S/C14H17F3N2O2.ClH/c1-21-11-4-2-9(3-5-11)7-19-8-10(14(15,16)17)6-12(19)13(18)20;/h2-5,10,12H,6-8H2,1H3,(H2,18,20);1H. The van der Waals surface area contributed by atoms with Crippen LogP contribution in [0.4, 0.5) is 13.2 Å². The third-order valence-corrected chi connectivity index (χ3v) is 3.74. The van der Waals surface area contributed by atoms with Gasteiger partial charge in [0, 0.05) is 13.1 Å².